The van der Waals surface area contributed by atoms with Crippen molar-refractivity contribution in [3.05, 3.63) is 35.9 Å². The molecule has 1 aliphatic rings. The quantitative estimate of drug-likeness (QED) is 0.893. The van der Waals surface area contributed by atoms with E-state index in [1.807, 2.05) is 30.3 Å². The average Bonchev–Trinajstić information content (AvgIpc) is 2.51. The molecular weight excluding hydrogens is 232 g/mol. The van der Waals surface area contributed by atoms with Crippen LogP contribution in [0.4, 0.5) is 0 Å². The Morgan fingerprint density at radius 3 is 2.44 bits per heavy atom. The minimum Gasteiger partial charge on any atom is -0.479 e. The summed E-state index contributed by atoms with van der Waals surface area (Å²) in [5.74, 6) is -1.86. The van der Waals surface area contributed by atoms with E-state index in [0.717, 1.165) is 5.56 Å². The van der Waals surface area contributed by atoms with Crippen molar-refractivity contribution in [2.75, 3.05) is 0 Å². The van der Waals surface area contributed by atoms with Gasteiger partial charge in [-0.1, -0.05) is 30.3 Å². The summed E-state index contributed by atoms with van der Waals surface area (Å²) < 4.78 is 11.3. The molecule has 1 N–H and O–H groups in total. The topological polar surface area (TPSA) is 55.8 Å². The Labute approximate surface area is 107 Å². The monoisotopic (exact) mass is 250 g/mol. The maximum atomic E-state index is 11.4. The fraction of sp³-hybridized carbons (Fsp3) is 0.500. The van der Waals surface area contributed by atoms with Gasteiger partial charge in [0.25, 0.3) is 0 Å². The van der Waals surface area contributed by atoms with Crippen LogP contribution in [0, 0.1) is 0 Å². The highest BCUT2D eigenvalue weighted by molar-refractivity contribution is 5.78. The second-order valence-corrected chi connectivity index (χ2v) is 5.21. The Kier molecular flexibility index (Phi) is 3.17. The molecule has 0 unspecified atom stereocenters. The number of ether oxygens (including phenoxy) is 2. The zero-order valence-electron chi connectivity index (χ0n) is 10.8. The third kappa shape index (κ3) is 2.40. The summed E-state index contributed by atoms with van der Waals surface area (Å²) in [7, 11) is 0. The van der Waals surface area contributed by atoms with E-state index >= 15 is 0 Å². The Hall–Kier alpha value is -1.39. The zero-order valence-corrected chi connectivity index (χ0v) is 10.8. The van der Waals surface area contributed by atoms with Gasteiger partial charge in [-0.2, -0.15) is 0 Å². The van der Waals surface area contributed by atoms with Gasteiger partial charge in [-0.15, -0.1) is 0 Å². The maximum absolute atomic E-state index is 11.4. The summed E-state index contributed by atoms with van der Waals surface area (Å²) >= 11 is 0. The van der Waals surface area contributed by atoms with Crippen LogP contribution in [0.5, 0.6) is 0 Å². The molecule has 1 aromatic carbocycles. The van der Waals surface area contributed by atoms with Crippen LogP contribution >= 0.6 is 0 Å². The predicted octanol–water partition coefficient (Wildman–Crippen LogP) is 2.22. The van der Waals surface area contributed by atoms with Gasteiger partial charge in [-0.3, -0.25) is 0 Å². The smallest absolute Gasteiger partial charge is 0.338 e. The Balaban J connectivity index is 2.23. The van der Waals surface area contributed by atoms with Crippen LogP contribution in [-0.4, -0.2) is 28.6 Å². The van der Waals surface area contributed by atoms with Gasteiger partial charge in [0.1, 0.15) is 6.10 Å². The van der Waals surface area contributed by atoms with E-state index in [9.17, 15) is 9.90 Å². The van der Waals surface area contributed by atoms with Gasteiger partial charge in [0.15, 0.2) is 11.4 Å². The number of hydrogen-bond donors (Lipinski definition) is 1. The van der Waals surface area contributed by atoms with E-state index in [1.54, 1.807) is 20.8 Å². The summed E-state index contributed by atoms with van der Waals surface area (Å²) in [6.07, 6.45) is 0.0278. The number of carbonyl (C=O) groups is 1. The minimum atomic E-state index is -1.31. The number of benzene rings is 1. The lowest BCUT2D eigenvalue weighted by Crippen LogP contribution is -2.46. The molecule has 18 heavy (non-hydrogen) atoms. The molecule has 0 aliphatic carbocycles. The molecule has 4 nitrogen and oxygen atoms in total. The highest BCUT2D eigenvalue weighted by atomic mass is 16.8. The second kappa shape index (κ2) is 4.37. The first-order chi connectivity index (χ1) is 8.33. The molecule has 0 saturated carbocycles. The minimum absolute atomic E-state index is 0.493. The fourth-order valence-corrected chi connectivity index (χ4v) is 2.30. The van der Waals surface area contributed by atoms with Crippen molar-refractivity contribution >= 4 is 5.97 Å². The van der Waals surface area contributed by atoms with Crippen molar-refractivity contribution in [2.24, 2.45) is 0 Å². The Bertz CT molecular complexity index is 440. The van der Waals surface area contributed by atoms with E-state index in [4.69, 9.17) is 9.47 Å². The molecule has 0 aromatic heterocycles. The number of rotatable bonds is 3. The van der Waals surface area contributed by atoms with Gasteiger partial charge in [-0.05, 0) is 26.3 Å². The number of aliphatic carboxylic acids is 1. The summed E-state index contributed by atoms with van der Waals surface area (Å²) in [6.45, 7) is 5.04. The molecule has 1 aromatic rings. The second-order valence-electron chi connectivity index (χ2n) is 5.21. The van der Waals surface area contributed by atoms with Crippen LogP contribution in [0.1, 0.15) is 26.3 Å². The summed E-state index contributed by atoms with van der Waals surface area (Å²) in [4.78, 5) is 11.4. The van der Waals surface area contributed by atoms with Crippen molar-refractivity contribution in [2.45, 2.75) is 44.7 Å². The molecule has 0 spiro atoms. The third-order valence-electron chi connectivity index (χ3n) is 3.19. The van der Waals surface area contributed by atoms with E-state index in [2.05, 4.69) is 0 Å². The lowest BCUT2D eigenvalue weighted by atomic mass is 9.93. The lowest BCUT2D eigenvalue weighted by Gasteiger charge is -2.24. The maximum Gasteiger partial charge on any atom is 0.338 e. The van der Waals surface area contributed by atoms with Crippen LogP contribution in [-0.2, 0) is 20.7 Å². The first kappa shape index (κ1) is 13.1. The molecule has 2 rings (SSSR count). The first-order valence-corrected chi connectivity index (χ1v) is 5.99. The largest absolute Gasteiger partial charge is 0.479 e. The molecule has 1 aliphatic heterocycles. The van der Waals surface area contributed by atoms with Crippen molar-refractivity contribution in [1.29, 1.82) is 0 Å². The van der Waals surface area contributed by atoms with Crippen molar-refractivity contribution in [3.63, 3.8) is 0 Å². The van der Waals surface area contributed by atoms with E-state index < -0.39 is 23.5 Å². The van der Waals surface area contributed by atoms with Gasteiger partial charge >= 0.3 is 5.97 Å². The molecule has 1 fully saturated rings. The highest BCUT2D eigenvalue weighted by Crippen LogP contribution is 2.38. The molecule has 2 atom stereocenters. The average molecular weight is 250 g/mol. The predicted molar refractivity (Wildman–Crippen MR) is 66.2 cm³/mol. The fourth-order valence-electron chi connectivity index (χ4n) is 2.30. The van der Waals surface area contributed by atoms with Gasteiger partial charge < -0.3 is 14.6 Å². The SMILES string of the molecule is CC1(C)O[C@@H](Cc2ccccc2)[C@](C)(C(=O)O)O1. The number of carboxylic acids is 1. The van der Waals surface area contributed by atoms with Crippen LogP contribution < -0.4 is 0 Å². The van der Waals surface area contributed by atoms with E-state index in [-0.39, 0.29) is 0 Å². The third-order valence-corrected chi connectivity index (χ3v) is 3.19. The molecular formula is C14H18O4. The number of carboxylic acid groups (broad SMARTS) is 1. The van der Waals surface area contributed by atoms with Gasteiger partial charge in [0.2, 0.25) is 0 Å². The summed E-state index contributed by atoms with van der Waals surface area (Å²) in [5, 5.41) is 9.35. The molecule has 0 bridgehead atoms. The summed E-state index contributed by atoms with van der Waals surface area (Å²) in [6, 6.07) is 9.69. The molecule has 1 heterocycles. The van der Waals surface area contributed by atoms with E-state index in [1.165, 1.54) is 0 Å². The van der Waals surface area contributed by atoms with Crippen LogP contribution in [0.2, 0.25) is 0 Å². The van der Waals surface area contributed by atoms with Crippen molar-refractivity contribution < 1.29 is 19.4 Å². The molecule has 0 radical (unpaired) electrons. The van der Waals surface area contributed by atoms with Crippen molar-refractivity contribution in [3.8, 4) is 0 Å². The van der Waals surface area contributed by atoms with Crippen LogP contribution in [0.3, 0.4) is 0 Å². The van der Waals surface area contributed by atoms with E-state index in [0.29, 0.717) is 6.42 Å². The van der Waals surface area contributed by atoms with Crippen molar-refractivity contribution in [1.82, 2.24) is 0 Å². The van der Waals surface area contributed by atoms with Crippen LogP contribution in [0.25, 0.3) is 0 Å². The Morgan fingerprint density at radius 1 is 1.28 bits per heavy atom. The lowest BCUT2D eigenvalue weighted by molar-refractivity contribution is -0.182. The standard InChI is InChI=1S/C14H18O4/c1-13(2)17-11(14(3,18-13)12(15)16)9-10-7-5-4-6-8-10/h4-8,11H,9H2,1-3H3,(H,15,16)/t11-,14+/m0/s1. The highest BCUT2D eigenvalue weighted by Gasteiger charge is 2.55. The van der Waals surface area contributed by atoms with Gasteiger partial charge in [0.05, 0.1) is 0 Å². The summed E-state index contributed by atoms with van der Waals surface area (Å²) in [5.41, 5.74) is -0.268. The molecule has 98 valence electrons. The molecule has 1 saturated heterocycles. The van der Waals surface area contributed by atoms with Gasteiger partial charge in [0, 0.05) is 6.42 Å². The molecule has 0 amide bonds. The number of hydrogen-bond acceptors (Lipinski definition) is 3. The normalized spacial score (nSPS) is 30.3. The van der Waals surface area contributed by atoms with Crippen LogP contribution in [0.15, 0.2) is 30.3 Å². The first-order valence-electron chi connectivity index (χ1n) is 5.99. The zero-order chi connectivity index (χ0) is 13.4. The molecule has 4 heteroatoms. The van der Waals surface area contributed by atoms with Gasteiger partial charge in [-0.25, -0.2) is 4.79 Å². The Morgan fingerprint density at radius 2 is 1.89 bits per heavy atom.